The molecule has 0 aliphatic carbocycles. The number of carbonyl (C=O) groups is 2. The molecule has 2 aromatic rings. The van der Waals surface area contributed by atoms with Crippen molar-refractivity contribution < 1.29 is 28.9 Å². The zero-order valence-electron chi connectivity index (χ0n) is 17.5. The molecule has 0 radical (unpaired) electrons. The number of methoxy groups -OCH3 is 2. The average Bonchev–Trinajstić information content (AvgIpc) is 3.06. The van der Waals surface area contributed by atoms with Crippen molar-refractivity contribution in [1.29, 1.82) is 0 Å². The molecular formula is C24H25NO6. The first-order valence-electron chi connectivity index (χ1n) is 9.77. The molecule has 1 fully saturated rings. The number of likely N-dealkylation sites (tertiary alicyclic amines) is 1. The largest absolute Gasteiger partial charge is 0.507 e. The molecule has 7 nitrogen and oxygen atoms in total. The highest BCUT2D eigenvalue weighted by Gasteiger charge is 2.46. The number of nitrogens with zero attached hydrogens (tertiary/aromatic N) is 1. The van der Waals surface area contributed by atoms with Crippen molar-refractivity contribution in [1.82, 2.24) is 4.90 Å². The van der Waals surface area contributed by atoms with Crippen molar-refractivity contribution in [3.05, 3.63) is 77.9 Å². The minimum Gasteiger partial charge on any atom is -0.507 e. The highest BCUT2D eigenvalue weighted by atomic mass is 16.5. The lowest BCUT2D eigenvalue weighted by Gasteiger charge is -2.25. The third-order valence-corrected chi connectivity index (χ3v) is 4.98. The molecule has 1 saturated heterocycles. The minimum atomic E-state index is -0.774. The third-order valence-electron chi connectivity index (χ3n) is 4.98. The van der Waals surface area contributed by atoms with Crippen LogP contribution in [0.25, 0.3) is 5.76 Å². The number of hydrogen-bond acceptors (Lipinski definition) is 6. The van der Waals surface area contributed by atoms with Gasteiger partial charge in [0.25, 0.3) is 11.7 Å². The van der Waals surface area contributed by atoms with Crippen LogP contribution in [0, 0.1) is 0 Å². The van der Waals surface area contributed by atoms with E-state index in [0.717, 1.165) is 0 Å². The van der Waals surface area contributed by atoms with Crippen LogP contribution in [0.5, 0.6) is 11.5 Å². The van der Waals surface area contributed by atoms with Gasteiger partial charge in [0.1, 0.15) is 23.9 Å². The first-order valence-corrected chi connectivity index (χ1v) is 9.77. The van der Waals surface area contributed by atoms with Crippen LogP contribution in [0.2, 0.25) is 0 Å². The van der Waals surface area contributed by atoms with Gasteiger partial charge in [0, 0.05) is 19.2 Å². The van der Waals surface area contributed by atoms with Gasteiger partial charge in [0.2, 0.25) is 0 Å². The van der Waals surface area contributed by atoms with Gasteiger partial charge in [0.15, 0.2) is 0 Å². The van der Waals surface area contributed by atoms with E-state index in [-0.39, 0.29) is 24.5 Å². The lowest BCUT2D eigenvalue weighted by atomic mass is 9.95. The second kappa shape index (κ2) is 9.95. The monoisotopic (exact) mass is 423 g/mol. The van der Waals surface area contributed by atoms with Crippen LogP contribution >= 0.6 is 0 Å². The topological polar surface area (TPSA) is 85.3 Å². The lowest BCUT2D eigenvalue weighted by Crippen LogP contribution is -2.32. The molecule has 1 aliphatic rings. The molecule has 0 saturated carbocycles. The second-order valence-corrected chi connectivity index (χ2v) is 6.89. The van der Waals surface area contributed by atoms with Crippen molar-refractivity contribution in [2.45, 2.75) is 6.04 Å². The number of carbonyl (C=O) groups excluding carboxylic acids is 2. The van der Waals surface area contributed by atoms with Gasteiger partial charge in [-0.3, -0.25) is 9.59 Å². The van der Waals surface area contributed by atoms with Crippen LogP contribution in [0.4, 0.5) is 0 Å². The van der Waals surface area contributed by atoms with Crippen LogP contribution < -0.4 is 9.47 Å². The Kier molecular flexibility index (Phi) is 7.10. The molecule has 1 aliphatic heterocycles. The summed E-state index contributed by atoms with van der Waals surface area (Å²) >= 11 is 0. The zero-order valence-corrected chi connectivity index (χ0v) is 17.5. The first-order chi connectivity index (χ1) is 15.0. The highest BCUT2D eigenvalue weighted by molar-refractivity contribution is 6.46. The van der Waals surface area contributed by atoms with Gasteiger partial charge in [-0.25, -0.2) is 0 Å². The quantitative estimate of drug-likeness (QED) is 0.288. The fourth-order valence-corrected chi connectivity index (χ4v) is 3.48. The van der Waals surface area contributed by atoms with E-state index < -0.39 is 17.7 Å². The molecule has 1 amide bonds. The van der Waals surface area contributed by atoms with E-state index in [1.54, 1.807) is 54.6 Å². The van der Waals surface area contributed by atoms with Gasteiger partial charge in [0.05, 0.1) is 25.3 Å². The number of ketones is 1. The van der Waals surface area contributed by atoms with E-state index in [0.29, 0.717) is 29.2 Å². The van der Waals surface area contributed by atoms with Crippen LogP contribution in [0.3, 0.4) is 0 Å². The Morgan fingerprint density at radius 1 is 1.13 bits per heavy atom. The highest BCUT2D eigenvalue weighted by Crippen LogP contribution is 2.40. The summed E-state index contributed by atoms with van der Waals surface area (Å²) in [4.78, 5) is 27.2. The summed E-state index contributed by atoms with van der Waals surface area (Å²) in [5, 5.41) is 11.0. The Labute approximate surface area is 181 Å². The molecule has 1 atom stereocenters. The van der Waals surface area contributed by atoms with Gasteiger partial charge < -0.3 is 24.2 Å². The number of benzene rings is 2. The molecule has 0 bridgehead atoms. The molecule has 0 spiro atoms. The zero-order chi connectivity index (χ0) is 22.4. The predicted octanol–water partition coefficient (Wildman–Crippen LogP) is 3.33. The summed E-state index contributed by atoms with van der Waals surface area (Å²) in [6.07, 6.45) is 1.63. The Hall–Kier alpha value is -3.58. The Morgan fingerprint density at radius 3 is 2.52 bits per heavy atom. The van der Waals surface area contributed by atoms with E-state index in [4.69, 9.17) is 14.2 Å². The molecule has 2 aromatic carbocycles. The normalized spacial score (nSPS) is 17.6. The number of aliphatic hydroxyl groups excluding tert-OH is 1. The molecule has 1 N–H and O–H groups in total. The number of rotatable bonds is 9. The standard InChI is InChI=1S/C24H25NO6/c1-4-13-31-19-7-5-6-17(15-19)21-20(23(27)24(28)25(21)12-14-29-2)22(26)16-8-10-18(30-3)11-9-16/h4-11,15,21,26H,1,12-14H2,2-3H3/b22-20+. The van der Waals surface area contributed by atoms with Gasteiger partial charge >= 0.3 is 0 Å². The van der Waals surface area contributed by atoms with Crippen LogP contribution in [0.1, 0.15) is 17.2 Å². The van der Waals surface area contributed by atoms with E-state index in [9.17, 15) is 14.7 Å². The Balaban J connectivity index is 2.11. The van der Waals surface area contributed by atoms with Crippen molar-refractivity contribution in [2.75, 3.05) is 34.0 Å². The van der Waals surface area contributed by atoms with Gasteiger partial charge in [-0.05, 0) is 42.0 Å². The van der Waals surface area contributed by atoms with E-state index in [1.165, 1.54) is 19.1 Å². The van der Waals surface area contributed by atoms with Crippen molar-refractivity contribution in [2.24, 2.45) is 0 Å². The van der Waals surface area contributed by atoms with Crippen LogP contribution in [-0.2, 0) is 14.3 Å². The van der Waals surface area contributed by atoms with Crippen molar-refractivity contribution >= 4 is 17.4 Å². The summed E-state index contributed by atoms with van der Waals surface area (Å²) in [5.74, 6) is -0.496. The van der Waals surface area contributed by atoms with Crippen molar-refractivity contribution in [3.8, 4) is 11.5 Å². The lowest BCUT2D eigenvalue weighted by molar-refractivity contribution is -0.140. The molecule has 31 heavy (non-hydrogen) atoms. The fourth-order valence-electron chi connectivity index (χ4n) is 3.48. The summed E-state index contributed by atoms with van der Waals surface area (Å²) in [7, 11) is 3.06. The van der Waals surface area contributed by atoms with Crippen LogP contribution in [0.15, 0.2) is 66.8 Å². The maximum atomic E-state index is 12.9. The summed E-state index contributed by atoms with van der Waals surface area (Å²) < 4.78 is 15.9. The predicted molar refractivity (Wildman–Crippen MR) is 116 cm³/mol. The molecule has 7 heteroatoms. The van der Waals surface area contributed by atoms with E-state index in [1.807, 2.05) is 0 Å². The first kappa shape index (κ1) is 22.1. The maximum absolute atomic E-state index is 12.9. The summed E-state index contributed by atoms with van der Waals surface area (Å²) in [6.45, 7) is 4.40. The number of aliphatic hydroxyl groups is 1. The smallest absolute Gasteiger partial charge is 0.295 e. The van der Waals surface area contributed by atoms with E-state index in [2.05, 4.69) is 6.58 Å². The van der Waals surface area contributed by atoms with Crippen LogP contribution in [-0.4, -0.2) is 55.7 Å². The summed E-state index contributed by atoms with van der Waals surface area (Å²) in [5.41, 5.74) is 1.08. The van der Waals surface area contributed by atoms with Gasteiger partial charge in [-0.2, -0.15) is 0 Å². The molecule has 3 rings (SSSR count). The molecular weight excluding hydrogens is 398 g/mol. The van der Waals surface area contributed by atoms with Crippen molar-refractivity contribution in [3.63, 3.8) is 0 Å². The molecule has 1 unspecified atom stereocenters. The Morgan fingerprint density at radius 2 is 1.87 bits per heavy atom. The van der Waals surface area contributed by atoms with Gasteiger partial charge in [-0.15, -0.1) is 0 Å². The molecule has 0 aromatic heterocycles. The Bertz CT molecular complexity index is 995. The summed E-state index contributed by atoms with van der Waals surface area (Å²) in [6, 6.07) is 12.9. The van der Waals surface area contributed by atoms with Gasteiger partial charge in [-0.1, -0.05) is 24.8 Å². The minimum absolute atomic E-state index is 0.0205. The SMILES string of the molecule is C=CCOc1cccc(C2/C(=C(\O)c3ccc(OC)cc3)C(=O)C(=O)N2CCOC)c1. The number of amides is 1. The third kappa shape index (κ3) is 4.62. The average molecular weight is 423 g/mol. The fraction of sp³-hybridized carbons (Fsp3) is 0.250. The second-order valence-electron chi connectivity index (χ2n) is 6.89. The number of hydrogen-bond donors (Lipinski definition) is 1. The maximum Gasteiger partial charge on any atom is 0.295 e. The molecule has 1 heterocycles. The van der Waals surface area contributed by atoms with E-state index >= 15 is 0 Å². The molecule has 162 valence electrons. The number of ether oxygens (including phenoxy) is 3. The number of Topliss-reactive ketones (excluding diaryl/α,β-unsaturated/α-hetero) is 1.